The average molecular weight is 888 g/mol. The summed E-state index contributed by atoms with van der Waals surface area (Å²) in [5.41, 5.74) is 20.2. The van der Waals surface area contributed by atoms with E-state index in [1.807, 2.05) is 24.3 Å². The monoisotopic (exact) mass is 884 g/mol. The molecule has 4 aromatic carbocycles. The van der Waals surface area contributed by atoms with E-state index in [-0.39, 0.29) is 35.6 Å². The fraction of sp³-hybridized carbons (Fsp3) is 0.320. The molecule has 4 aliphatic carbocycles. The first-order valence-corrected chi connectivity index (χ1v) is 22.4. The molecular weight excluding hydrogens is 834 g/mol. The number of rotatable bonds is 2. The van der Waals surface area contributed by atoms with E-state index in [0.717, 1.165) is 16.5 Å². The van der Waals surface area contributed by atoms with Gasteiger partial charge >= 0.3 is 123 Å². The summed E-state index contributed by atoms with van der Waals surface area (Å²) in [5.74, 6) is 0.518. The van der Waals surface area contributed by atoms with Crippen LogP contribution in [0.25, 0.3) is 22.3 Å². The van der Waals surface area contributed by atoms with Crippen molar-refractivity contribution in [1.29, 1.82) is 0 Å². The molecule has 1 atom stereocenters. The van der Waals surface area contributed by atoms with Crippen LogP contribution < -0.4 is 0 Å². The summed E-state index contributed by atoms with van der Waals surface area (Å²) in [6.07, 6.45) is 12.8. The fourth-order valence-corrected chi connectivity index (χ4v) is 10.6. The van der Waals surface area contributed by atoms with Crippen LogP contribution >= 0.6 is 48.0 Å². The summed E-state index contributed by atoms with van der Waals surface area (Å²) in [5, 5.41) is 1.57. The molecule has 55 heavy (non-hydrogen) atoms. The van der Waals surface area contributed by atoms with Crippen molar-refractivity contribution in [2.24, 2.45) is 11.3 Å². The average Bonchev–Trinajstić information content (AvgIpc) is 3.75. The molecule has 0 N–H and O–H groups in total. The molecule has 0 spiro atoms. The van der Waals surface area contributed by atoms with Crippen molar-refractivity contribution in [3.05, 3.63) is 163 Å². The van der Waals surface area contributed by atoms with Gasteiger partial charge in [-0.2, -0.15) is 17.2 Å². The molecule has 0 aliphatic heterocycles. The fourth-order valence-electron chi connectivity index (χ4n) is 8.28. The van der Waals surface area contributed by atoms with E-state index in [1.165, 1.54) is 77.9 Å². The summed E-state index contributed by atoms with van der Waals surface area (Å²) < 4.78 is 4.66. The van der Waals surface area contributed by atoms with Crippen molar-refractivity contribution < 1.29 is 22.3 Å². The normalized spacial score (nSPS) is 17.3. The molecule has 0 fully saturated rings. The SMILES string of the molecule is CC1=[C-]C(C)(C)c2cc3c(cc21)-c1cc2c(cc1C3)C(C)(C)C=C2C.CC1=[C-]C(C)C=C1C(C)(C)C.Cl.Cl.Clc1ccc([CH]=[Zr]=[CH]c2ccc(Cl)cc2)cc1. The predicted octanol–water partition coefficient (Wildman–Crippen LogP) is 14.7. The van der Waals surface area contributed by atoms with Crippen molar-refractivity contribution in [2.75, 3.05) is 0 Å². The van der Waals surface area contributed by atoms with E-state index in [4.69, 9.17) is 23.2 Å². The molecule has 0 aromatic heterocycles. The topological polar surface area (TPSA) is 0 Å². The van der Waals surface area contributed by atoms with E-state index in [9.17, 15) is 0 Å². The number of halogens is 4. The van der Waals surface area contributed by atoms with E-state index < -0.39 is 22.3 Å². The Morgan fingerprint density at radius 1 is 0.691 bits per heavy atom. The Morgan fingerprint density at radius 3 is 1.64 bits per heavy atom. The van der Waals surface area contributed by atoms with Crippen LogP contribution in [0.2, 0.25) is 10.0 Å². The molecule has 0 amide bonds. The van der Waals surface area contributed by atoms with Gasteiger partial charge < -0.3 is 0 Å². The third-order valence-corrected chi connectivity index (χ3v) is 13.7. The zero-order valence-electron chi connectivity index (χ0n) is 34.1. The van der Waals surface area contributed by atoms with Gasteiger partial charge in [-0.15, -0.1) is 36.4 Å². The van der Waals surface area contributed by atoms with Crippen molar-refractivity contribution in [1.82, 2.24) is 0 Å². The molecule has 5 heteroatoms. The van der Waals surface area contributed by atoms with Crippen molar-refractivity contribution in [2.45, 2.75) is 93.4 Å². The van der Waals surface area contributed by atoms with Crippen LogP contribution in [0.3, 0.4) is 0 Å². The van der Waals surface area contributed by atoms with Gasteiger partial charge in [-0.05, 0) is 58.4 Å². The Bertz CT molecular complexity index is 2130. The molecule has 1 unspecified atom stereocenters. The molecule has 0 saturated heterocycles. The summed E-state index contributed by atoms with van der Waals surface area (Å²) >= 11 is 11.0. The first-order valence-electron chi connectivity index (χ1n) is 18.8. The summed E-state index contributed by atoms with van der Waals surface area (Å²) in [6, 6.07) is 25.7. The van der Waals surface area contributed by atoms with Crippen molar-refractivity contribution >= 4 is 66.6 Å². The quantitative estimate of drug-likeness (QED) is 0.155. The van der Waals surface area contributed by atoms with Gasteiger partial charge in [-0.25, -0.2) is 11.1 Å². The number of hydrogen-bond donors (Lipinski definition) is 0. The standard InChI is InChI=1S/C25H25.C11H17.2C7H5Cl.2ClH.Zr/c1-14-12-24(3,4)22-8-16-7-17-9-23-19(15(2)13-25(23,5)6)11-21(17)20(16)10-18(14)22;1-8-6-9(2)10(7-8)11(3,4)5;2*1-6-2-4-7(8)5-3-6;;;/h8-12H,7H2,1-6H3;7-8H,1-5H3;2*1-5H;2*1H;/q2*-1;;;;;. The second-order valence-electron chi connectivity index (χ2n) is 17.2. The number of benzene rings is 4. The molecule has 288 valence electrons. The molecule has 8 rings (SSSR count). The Hall–Kier alpha value is -2.38. The zero-order chi connectivity index (χ0) is 38.5. The van der Waals surface area contributed by atoms with Gasteiger partial charge in [-0.3, -0.25) is 12.2 Å². The van der Waals surface area contributed by atoms with Crippen molar-refractivity contribution in [3.8, 4) is 11.1 Å². The van der Waals surface area contributed by atoms with Crippen LogP contribution in [0.1, 0.15) is 121 Å². The first-order chi connectivity index (χ1) is 24.8. The van der Waals surface area contributed by atoms with E-state index in [2.05, 4.69) is 156 Å². The second kappa shape index (κ2) is 17.6. The Morgan fingerprint density at radius 2 is 1.18 bits per heavy atom. The van der Waals surface area contributed by atoms with E-state index >= 15 is 0 Å². The van der Waals surface area contributed by atoms with Crippen LogP contribution in [-0.2, 0) is 39.5 Å². The predicted molar refractivity (Wildman–Crippen MR) is 244 cm³/mol. The molecule has 4 aromatic rings. The van der Waals surface area contributed by atoms with Crippen LogP contribution in [0.5, 0.6) is 0 Å². The van der Waals surface area contributed by atoms with Gasteiger partial charge in [0.1, 0.15) is 0 Å². The molecular formula is C50H54Cl4Zr-2. The van der Waals surface area contributed by atoms with E-state index in [0.29, 0.717) is 11.3 Å². The number of fused-ring (bicyclic) bond motifs is 5. The molecule has 4 aliphatic rings. The summed E-state index contributed by atoms with van der Waals surface area (Å²) in [7, 11) is 0. The van der Waals surface area contributed by atoms with Crippen LogP contribution in [-0.4, -0.2) is 7.42 Å². The Balaban J connectivity index is 0.000000196. The maximum absolute atomic E-state index is 5.84. The Kier molecular flexibility index (Phi) is 14.5. The molecule has 0 heterocycles. The van der Waals surface area contributed by atoms with Crippen molar-refractivity contribution in [3.63, 3.8) is 0 Å². The molecule has 0 nitrogen and oxygen atoms in total. The van der Waals surface area contributed by atoms with Crippen LogP contribution in [0, 0.1) is 23.5 Å². The van der Waals surface area contributed by atoms with Crippen LogP contribution in [0.15, 0.2) is 96.1 Å². The van der Waals surface area contributed by atoms with Crippen LogP contribution in [0.4, 0.5) is 0 Å². The third kappa shape index (κ3) is 10.2. The minimum absolute atomic E-state index is 0. The molecule has 0 bridgehead atoms. The van der Waals surface area contributed by atoms with Gasteiger partial charge in [0.05, 0.1) is 0 Å². The van der Waals surface area contributed by atoms with Gasteiger partial charge in [-0.1, -0.05) is 104 Å². The van der Waals surface area contributed by atoms with Gasteiger partial charge in [0.2, 0.25) is 0 Å². The number of allylic oxidation sites excluding steroid dienone is 8. The molecule has 0 saturated carbocycles. The summed E-state index contributed by atoms with van der Waals surface area (Å²) in [4.78, 5) is 0. The first kappa shape index (κ1) is 45.3. The van der Waals surface area contributed by atoms with Gasteiger partial charge in [0.15, 0.2) is 0 Å². The number of hydrogen-bond acceptors (Lipinski definition) is 0. The zero-order valence-corrected chi connectivity index (χ0v) is 39.7. The van der Waals surface area contributed by atoms with Gasteiger partial charge in [0.25, 0.3) is 0 Å². The van der Waals surface area contributed by atoms with E-state index in [1.54, 1.807) is 0 Å². The minimum atomic E-state index is -0.623. The van der Waals surface area contributed by atoms with Gasteiger partial charge in [0, 0.05) is 5.41 Å². The molecule has 0 radical (unpaired) electrons. The maximum atomic E-state index is 5.84. The summed E-state index contributed by atoms with van der Waals surface area (Å²) in [6.45, 7) is 24.8. The second-order valence-corrected chi connectivity index (χ2v) is 20.3. The third-order valence-electron chi connectivity index (χ3n) is 10.7. The Labute approximate surface area is 364 Å².